The fourth-order valence-corrected chi connectivity index (χ4v) is 1.58. The van der Waals surface area contributed by atoms with Gasteiger partial charge in [0.2, 0.25) is 5.91 Å². The number of amides is 1. The van der Waals surface area contributed by atoms with Crippen molar-refractivity contribution in [1.82, 2.24) is 4.90 Å². The summed E-state index contributed by atoms with van der Waals surface area (Å²) in [6.45, 7) is 7.80. The van der Waals surface area contributed by atoms with Gasteiger partial charge in [-0.2, -0.15) is 0 Å². The Morgan fingerprint density at radius 1 is 1.77 bits per heavy atom. The van der Waals surface area contributed by atoms with Gasteiger partial charge in [0.25, 0.3) is 0 Å². The molecule has 0 aromatic heterocycles. The third kappa shape index (κ3) is 2.56. The molecule has 0 aromatic rings. The zero-order valence-electron chi connectivity index (χ0n) is 8.16. The van der Waals surface area contributed by atoms with E-state index in [1.165, 1.54) is 0 Å². The van der Waals surface area contributed by atoms with Gasteiger partial charge in [0, 0.05) is 25.7 Å². The predicted octanol–water partition coefficient (Wildman–Crippen LogP) is 1.41. The van der Waals surface area contributed by atoms with Crippen LogP contribution in [-0.2, 0) is 9.53 Å². The number of carbonyl (C=O) groups excluding carboxylic acids is 1. The van der Waals surface area contributed by atoms with Crippen molar-refractivity contribution in [3.8, 4) is 0 Å². The van der Waals surface area contributed by atoms with E-state index in [9.17, 15) is 4.79 Å². The maximum absolute atomic E-state index is 11.5. The molecule has 1 fully saturated rings. The van der Waals surface area contributed by atoms with Gasteiger partial charge in [-0.3, -0.25) is 4.79 Å². The Labute approximate surface area is 79.4 Å². The van der Waals surface area contributed by atoms with Gasteiger partial charge >= 0.3 is 0 Å². The average molecular weight is 183 g/mol. The molecular formula is C10H17NO2. The van der Waals surface area contributed by atoms with Crippen molar-refractivity contribution in [2.24, 2.45) is 5.92 Å². The maximum Gasteiger partial charge on any atom is 0.229 e. The van der Waals surface area contributed by atoms with Crippen LogP contribution in [0.15, 0.2) is 12.8 Å². The molecule has 13 heavy (non-hydrogen) atoms. The summed E-state index contributed by atoms with van der Waals surface area (Å²) in [6, 6.07) is 0. The lowest BCUT2D eigenvalue weighted by Crippen LogP contribution is -2.22. The molecule has 3 heteroatoms. The van der Waals surface area contributed by atoms with E-state index in [4.69, 9.17) is 4.74 Å². The van der Waals surface area contributed by atoms with Gasteiger partial charge in [-0.1, -0.05) is 6.58 Å². The highest BCUT2D eigenvalue weighted by molar-refractivity contribution is 5.81. The third-order valence-corrected chi connectivity index (χ3v) is 2.39. The fraction of sp³-hybridized carbons (Fsp3) is 0.700. The smallest absolute Gasteiger partial charge is 0.229 e. The molecule has 0 saturated carbocycles. The van der Waals surface area contributed by atoms with E-state index in [1.54, 1.807) is 11.1 Å². The summed E-state index contributed by atoms with van der Waals surface area (Å²) in [5.41, 5.74) is 0. The van der Waals surface area contributed by atoms with Crippen molar-refractivity contribution in [1.29, 1.82) is 0 Å². The Morgan fingerprint density at radius 3 is 3.08 bits per heavy atom. The SMILES string of the molecule is C=CN1CCC(CCOCC)C1=O. The van der Waals surface area contributed by atoms with Crippen molar-refractivity contribution >= 4 is 5.91 Å². The van der Waals surface area contributed by atoms with Gasteiger partial charge in [-0.25, -0.2) is 0 Å². The molecule has 1 heterocycles. The minimum atomic E-state index is 0.157. The Balaban J connectivity index is 2.28. The molecule has 1 unspecified atom stereocenters. The number of ether oxygens (including phenoxy) is 1. The summed E-state index contributed by atoms with van der Waals surface area (Å²) in [5, 5.41) is 0. The van der Waals surface area contributed by atoms with E-state index >= 15 is 0 Å². The summed E-state index contributed by atoms with van der Waals surface area (Å²) < 4.78 is 5.22. The van der Waals surface area contributed by atoms with Gasteiger partial charge in [-0.15, -0.1) is 0 Å². The largest absolute Gasteiger partial charge is 0.382 e. The minimum Gasteiger partial charge on any atom is -0.382 e. The molecule has 0 spiro atoms. The Morgan fingerprint density at radius 2 is 2.54 bits per heavy atom. The van der Waals surface area contributed by atoms with E-state index in [1.807, 2.05) is 6.92 Å². The Bertz CT molecular complexity index is 191. The first-order chi connectivity index (χ1) is 6.29. The van der Waals surface area contributed by atoms with Crippen LogP contribution in [0.2, 0.25) is 0 Å². The lowest BCUT2D eigenvalue weighted by atomic mass is 10.1. The van der Waals surface area contributed by atoms with Gasteiger partial charge in [0.1, 0.15) is 0 Å². The summed E-state index contributed by atoms with van der Waals surface area (Å²) in [4.78, 5) is 13.2. The van der Waals surface area contributed by atoms with Crippen LogP contribution in [-0.4, -0.2) is 30.6 Å². The first kappa shape index (κ1) is 10.3. The average Bonchev–Trinajstić information content (AvgIpc) is 2.48. The standard InChI is InChI=1S/C10H17NO2/c1-3-11-7-5-9(10(11)12)6-8-13-4-2/h3,9H,1,4-8H2,2H3. The first-order valence-electron chi connectivity index (χ1n) is 4.80. The molecule has 1 amide bonds. The highest BCUT2D eigenvalue weighted by atomic mass is 16.5. The second-order valence-corrected chi connectivity index (χ2v) is 3.19. The normalized spacial score (nSPS) is 22.4. The van der Waals surface area contributed by atoms with Crippen LogP contribution >= 0.6 is 0 Å². The van der Waals surface area contributed by atoms with Crippen molar-refractivity contribution in [3.63, 3.8) is 0 Å². The molecule has 1 atom stereocenters. The summed E-state index contributed by atoms with van der Waals surface area (Å²) in [6.07, 6.45) is 3.40. The number of carbonyl (C=O) groups is 1. The lowest BCUT2D eigenvalue weighted by Gasteiger charge is -2.10. The van der Waals surface area contributed by atoms with Crippen LogP contribution in [0.4, 0.5) is 0 Å². The molecular weight excluding hydrogens is 166 g/mol. The second kappa shape index (κ2) is 5.02. The molecule has 0 radical (unpaired) electrons. The van der Waals surface area contributed by atoms with Crippen molar-refractivity contribution in [2.45, 2.75) is 19.8 Å². The number of hydrogen-bond donors (Lipinski definition) is 0. The fourth-order valence-electron chi connectivity index (χ4n) is 1.58. The molecule has 3 nitrogen and oxygen atoms in total. The molecule has 0 aliphatic carbocycles. The molecule has 1 aliphatic rings. The van der Waals surface area contributed by atoms with Crippen molar-refractivity contribution in [2.75, 3.05) is 19.8 Å². The number of nitrogens with zero attached hydrogens (tertiary/aromatic N) is 1. The van der Waals surface area contributed by atoms with Gasteiger partial charge in [0.15, 0.2) is 0 Å². The summed E-state index contributed by atoms with van der Waals surface area (Å²) >= 11 is 0. The first-order valence-corrected chi connectivity index (χ1v) is 4.80. The van der Waals surface area contributed by atoms with Crippen LogP contribution in [0.1, 0.15) is 19.8 Å². The van der Waals surface area contributed by atoms with E-state index in [0.29, 0.717) is 6.61 Å². The number of hydrogen-bond acceptors (Lipinski definition) is 2. The van der Waals surface area contributed by atoms with Crippen LogP contribution in [0.5, 0.6) is 0 Å². The maximum atomic E-state index is 11.5. The van der Waals surface area contributed by atoms with Crippen molar-refractivity contribution in [3.05, 3.63) is 12.8 Å². The van der Waals surface area contributed by atoms with Gasteiger partial charge in [-0.05, 0) is 26.0 Å². The van der Waals surface area contributed by atoms with E-state index in [2.05, 4.69) is 6.58 Å². The van der Waals surface area contributed by atoms with Crippen LogP contribution in [0.3, 0.4) is 0 Å². The zero-order valence-corrected chi connectivity index (χ0v) is 8.16. The van der Waals surface area contributed by atoms with E-state index < -0.39 is 0 Å². The molecule has 0 aromatic carbocycles. The van der Waals surface area contributed by atoms with E-state index in [0.717, 1.165) is 26.0 Å². The Hall–Kier alpha value is -0.830. The number of likely N-dealkylation sites (tertiary alicyclic amines) is 1. The van der Waals surface area contributed by atoms with Crippen LogP contribution < -0.4 is 0 Å². The third-order valence-electron chi connectivity index (χ3n) is 2.39. The zero-order chi connectivity index (χ0) is 9.68. The van der Waals surface area contributed by atoms with Crippen molar-refractivity contribution < 1.29 is 9.53 Å². The topological polar surface area (TPSA) is 29.5 Å². The van der Waals surface area contributed by atoms with E-state index in [-0.39, 0.29) is 11.8 Å². The molecule has 1 aliphatic heterocycles. The quantitative estimate of drug-likeness (QED) is 0.603. The predicted molar refractivity (Wildman–Crippen MR) is 51.1 cm³/mol. The lowest BCUT2D eigenvalue weighted by molar-refractivity contribution is -0.129. The van der Waals surface area contributed by atoms with Crippen LogP contribution in [0.25, 0.3) is 0 Å². The highest BCUT2D eigenvalue weighted by Gasteiger charge is 2.29. The summed E-state index contributed by atoms with van der Waals surface area (Å²) in [5.74, 6) is 0.360. The van der Waals surface area contributed by atoms with Gasteiger partial charge in [0.05, 0.1) is 0 Å². The van der Waals surface area contributed by atoms with Gasteiger partial charge < -0.3 is 9.64 Å². The molecule has 0 bridgehead atoms. The monoisotopic (exact) mass is 183 g/mol. The molecule has 1 saturated heterocycles. The second-order valence-electron chi connectivity index (χ2n) is 3.19. The summed E-state index contributed by atoms with van der Waals surface area (Å²) in [7, 11) is 0. The highest BCUT2D eigenvalue weighted by Crippen LogP contribution is 2.21. The molecule has 1 rings (SSSR count). The Kier molecular flexibility index (Phi) is 3.96. The molecule has 0 N–H and O–H groups in total. The van der Waals surface area contributed by atoms with Crippen LogP contribution in [0, 0.1) is 5.92 Å². The minimum absolute atomic E-state index is 0.157. The number of rotatable bonds is 5. The molecule has 74 valence electrons.